The van der Waals surface area contributed by atoms with E-state index in [1.165, 1.54) is 0 Å². The Morgan fingerprint density at radius 3 is 2.69 bits per heavy atom. The molecule has 0 unspecified atom stereocenters. The van der Waals surface area contributed by atoms with Crippen LogP contribution in [0.3, 0.4) is 0 Å². The van der Waals surface area contributed by atoms with Gasteiger partial charge < -0.3 is 10.4 Å². The van der Waals surface area contributed by atoms with Crippen LogP contribution in [0.2, 0.25) is 0 Å². The normalized spacial score (nSPS) is 20.0. The predicted molar refractivity (Wildman–Crippen MR) is 101 cm³/mol. The van der Waals surface area contributed by atoms with Crippen molar-refractivity contribution in [2.75, 3.05) is 0 Å². The van der Waals surface area contributed by atoms with E-state index in [1.54, 1.807) is 0 Å². The van der Waals surface area contributed by atoms with Crippen molar-refractivity contribution in [1.29, 1.82) is 0 Å². The molecule has 0 spiro atoms. The number of hydrogen-bond acceptors (Lipinski definition) is 4. The molecule has 1 aliphatic carbocycles. The van der Waals surface area contributed by atoms with Gasteiger partial charge >= 0.3 is 0 Å². The molecule has 0 saturated heterocycles. The van der Waals surface area contributed by atoms with E-state index in [2.05, 4.69) is 21.4 Å². The number of nitrogens with zero attached hydrogens (tertiary/aromatic N) is 2. The SMILES string of the molecule is Cc1ccc(Cc2cc(C(=O)N[C@H]3CCCC[C@@H]3O)nc(C)c2C)cn1. The zero-order valence-electron chi connectivity index (χ0n) is 15.7. The molecule has 0 bridgehead atoms. The first-order chi connectivity index (χ1) is 12.4. The summed E-state index contributed by atoms with van der Waals surface area (Å²) in [5.74, 6) is -0.206. The van der Waals surface area contributed by atoms with Gasteiger partial charge in [0.05, 0.1) is 12.1 Å². The Balaban J connectivity index is 1.80. The summed E-state index contributed by atoms with van der Waals surface area (Å²) in [6.45, 7) is 5.93. The molecule has 1 aliphatic rings. The van der Waals surface area contributed by atoms with E-state index in [9.17, 15) is 9.90 Å². The van der Waals surface area contributed by atoms with Gasteiger partial charge in [-0.3, -0.25) is 9.78 Å². The highest BCUT2D eigenvalue weighted by Crippen LogP contribution is 2.20. The number of rotatable bonds is 4. The molecule has 5 heteroatoms. The zero-order chi connectivity index (χ0) is 18.7. The molecule has 1 fully saturated rings. The fourth-order valence-electron chi connectivity index (χ4n) is 3.45. The minimum atomic E-state index is -0.461. The van der Waals surface area contributed by atoms with Crippen LogP contribution in [0.5, 0.6) is 0 Å². The maximum absolute atomic E-state index is 12.7. The quantitative estimate of drug-likeness (QED) is 0.886. The van der Waals surface area contributed by atoms with Crippen LogP contribution in [0.25, 0.3) is 0 Å². The number of hydrogen-bond donors (Lipinski definition) is 2. The molecule has 3 rings (SSSR count). The molecule has 0 aliphatic heterocycles. The van der Waals surface area contributed by atoms with E-state index < -0.39 is 6.10 Å². The summed E-state index contributed by atoms with van der Waals surface area (Å²) in [5, 5.41) is 13.1. The Morgan fingerprint density at radius 1 is 1.23 bits per heavy atom. The van der Waals surface area contributed by atoms with Gasteiger partial charge in [-0.2, -0.15) is 0 Å². The molecule has 5 nitrogen and oxygen atoms in total. The molecule has 2 atom stereocenters. The van der Waals surface area contributed by atoms with Gasteiger partial charge in [0.1, 0.15) is 5.69 Å². The van der Waals surface area contributed by atoms with Crippen molar-refractivity contribution in [2.24, 2.45) is 0 Å². The van der Waals surface area contributed by atoms with E-state index in [0.717, 1.165) is 60.2 Å². The number of aromatic nitrogens is 2. The molecule has 2 aromatic rings. The maximum Gasteiger partial charge on any atom is 0.270 e. The lowest BCUT2D eigenvalue weighted by atomic mass is 9.92. The number of aryl methyl sites for hydroxylation is 2. The smallest absolute Gasteiger partial charge is 0.270 e. The Kier molecular flexibility index (Phi) is 5.67. The van der Waals surface area contributed by atoms with Gasteiger partial charge in [-0.1, -0.05) is 18.9 Å². The topological polar surface area (TPSA) is 75.1 Å². The second-order valence-corrected chi connectivity index (χ2v) is 7.29. The van der Waals surface area contributed by atoms with E-state index in [-0.39, 0.29) is 11.9 Å². The van der Waals surface area contributed by atoms with Crippen molar-refractivity contribution >= 4 is 5.91 Å². The van der Waals surface area contributed by atoms with Gasteiger partial charge in [-0.15, -0.1) is 0 Å². The largest absolute Gasteiger partial charge is 0.391 e. The summed E-state index contributed by atoms with van der Waals surface area (Å²) in [6.07, 6.45) is 5.75. The Hall–Kier alpha value is -2.27. The lowest BCUT2D eigenvalue weighted by Gasteiger charge is -2.28. The molecule has 26 heavy (non-hydrogen) atoms. The fourth-order valence-corrected chi connectivity index (χ4v) is 3.45. The molecule has 138 valence electrons. The molecule has 1 saturated carbocycles. The first-order valence-corrected chi connectivity index (χ1v) is 9.31. The van der Waals surface area contributed by atoms with Crippen LogP contribution in [0, 0.1) is 20.8 Å². The minimum Gasteiger partial charge on any atom is -0.391 e. The summed E-state index contributed by atoms with van der Waals surface area (Å²) in [6, 6.07) is 5.75. The minimum absolute atomic E-state index is 0.176. The first-order valence-electron chi connectivity index (χ1n) is 9.31. The maximum atomic E-state index is 12.7. The van der Waals surface area contributed by atoms with Crippen molar-refractivity contribution in [3.05, 3.63) is 58.2 Å². The predicted octanol–water partition coefficient (Wildman–Crippen LogP) is 3.03. The van der Waals surface area contributed by atoms with E-state index in [4.69, 9.17) is 0 Å². The van der Waals surface area contributed by atoms with Crippen LogP contribution in [0.4, 0.5) is 0 Å². The third kappa shape index (κ3) is 4.28. The average Bonchev–Trinajstić information content (AvgIpc) is 2.62. The number of nitrogens with one attached hydrogen (secondary N) is 1. The van der Waals surface area contributed by atoms with Gasteiger partial charge in [-0.05, 0) is 68.9 Å². The Morgan fingerprint density at radius 2 is 2.00 bits per heavy atom. The Labute approximate surface area is 154 Å². The number of pyridine rings is 2. The summed E-state index contributed by atoms with van der Waals surface area (Å²) in [7, 11) is 0. The van der Waals surface area contributed by atoms with Crippen LogP contribution >= 0.6 is 0 Å². The summed E-state index contributed by atoms with van der Waals surface area (Å²) >= 11 is 0. The van der Waals surface area contributed by atoms with Gasteiger partial charge in [-0.25, -0.2) is 4.98 Å². The Bertz CT molecular complexity index is 787. The number of aliphatic hydroxyl groups excluding tert-OH is 1. The van der Waals surface area contributed by atoms with Crippen LogP contribution < -0.4 is 5.32 Å². The highest BCUT2D eigenvalue weighted by Gasteiger charge is 2.25. The number of carbonyl (C=O) groups is 1. The van der Waals surface area contributed by atoms with Crippen LogP contribution in [0.15, 0.2) is 24.4 Å². The lowest BCUT2D eigenvalue weighted by molar-refractivity contribution is 0.0713. The third-order valence-electron chi connectivity index (χ3n) is 5.27. The third-order valence-corrected chi connectivity index (χ3v) is 5.27. The molecular formula is C21H27N3O2. The van der Waals surface area contributed by atoms with E-state index in [1.807, 2.05) is 39.1 Å². The van der Waals surface area contributed by atoms with Crippen molar-refractivity contribution in [1.82, 2.24) is 15.3 Å². The van der Waals surface area contributed by atoms with Crippen LogP contribution in [-0.2, 0) is 6.42 Å². The second-order valence-electron chi connectivity index (χ2n) is 7.29. The lowest BCUT2D eigenvalue weighted by Crippen LogP contribution is -2.45. The number of aliphatic hydroxyl groups is 1. The van der Waals surface area contributed by atoms with E-state index >= 15 is 0 Å². The first kappa shape index (κ1) is 18.5. The average molecular weight is 353 g/mol. The van der Waals surface area contributed by atoms with Crippen LogP contribution in [0.1, 0.15) is 64.2 Å². The molecule has 2 N–H and O–H groups in total. The zero-order valence-corrected chi connectivity index (χ0v) is 15.7. The number of amides is 1. The van der Waals surface area contributed by atoms with Crippen molar-refractivity contribution < 1.29 is 9.90 Å². The molecule has 1 amide bonds. The summed E-state index contributed by atoms with van der Waals surface area (Å²) < 4.78 is 0. The van der Waals surface area contributed by atoms with Crippen molar-refractivity contribution in [3.63, 3.8) is 0 Å². The molecule has 0 aromatic carbocycles. The summed E-state index contributed by atoms with van der Waals surface area (Å²) in [4.78, 5) is 21.5. The highest BCUT2D eigenvalue weighted by molar-refractivity contribution is 5.92. The van der Waals surface area contributed by atoms with Crippen LogP contribution in [-0.4, -0.2) is 33.1 Å². The van der Waals surface area contributed by atoms with E-state index in [0.29, 0.717) is 5.69 Å². The standard InChI is InChI=1S/C21H27N3O2/c1-13-8-9-16(12-22-13)10-17-11-19(23-15(3)14(17)2)21(26)24-18-6-4-5-7-20(18)25/h8-9,11-12,18,20,25H,4-7,10H2,1-3H3,(H,24,26)/t18-,20-/m0/s1. The number of carbonyl (C=O) groups excluding carboxylic acids is 1. The monoisotopic (exact) mass is 353 g/mol. The second kappa shape index (κ2) is 7.96. The highest BCUT2D eigenvalue weighted by atomic mass is 16.3. The van der Waals surface area contributed by atoms with Gasteiger partial charge in [0.2, 0.25) is 0 Å². The van der Waals surface area contributed by atoms with Gasteiger partial charge in [0, 0.05) is 17.6 Å². The summed E-state index contributed by atoms with van der Waals surface area (Å²) in [5.41, 5.74) is 5.55. The van der Waals surface area contributed by atoms with Crippen molar-refractivity contribution in [2.45, 2.75) is 65.0 Å². The van der Waals surface area contributed by atoms with Crippen molar-refractivity contribution in [3.8, 4) is 0 Å². The van der Waals surface area contributed by atoms with Gasteiger partial charge in [0.25, 0.3) is 5.91 Å². The fraction of sp³-hybridized carbons (Fsp3) is 0.476. The molecule has 2 aromatic heterocycles. The van der Waals surface area contributed by atoms with Gasteiger partial charge in [0.15, 0.2) is 0 Å². The molecular weight excluding hydrogens is 326 g/mol. The molecule has 2 heterocycles. The molecule has 0 radical (unpaired) electrons.